The van der Waals surface area contributed by atoms with Crippen LogP contribution in [-0.2, 0) is 4.79 Å². The first-order chi connectivity index (χ1) is 21.1. The molecule has 43 heavy (non-hydrogen) atoms. The van der Waals surface area contributed by atoms with Crippen molar-refractivity contribution in [2.75, 3.05) is 6.61 Å². The number of rotatable bonds is 33. The Hall–Kier alpha value is -1.17. The van der Waals surface area contributed by atoms with Gasteiger partial charge in [0.2, 0.25) is 5.91 Å². The standard InChI is InChI=1S/C38H73NO4/c1-3-5-7-9-11-13-15-17-18-19-21-22-24-26-28-30-32-36(41)38(43)35(34-40)39-37(42)33-31-29-27-25-23-20-16-14-12-10-8-6-4-2/h20,23-24,26,35-36,38,40-41,43H,3-19,21-22,25,27-34H2,1-2H3,(H,39,42)/b23-20-,26-24+. The summed E-state index contributed by atoms with van der Waals surface area (Å²) in [5.41, 5.74) is 0. The molecule has 0 heterocycles. The van der Waals surface area contributed by atoms with Crippen molar-refractivity contribution in [3.63, 3.8) is 0 Å². The van der Waals surface area contributed by atoms with Crippen LogP contribution >= 0.6 is 0 Å². The molecule has 0 aromatic carbocycles. The van der Waals surface area contributed by atoms with Gasteiger partial charge in [-0.25, -0.2) is 0 Å². The fourth-order valence-electron chi connectivity index (χ4n) is 5.57. The van der Waals surface area contributed by atoms with E-state index >= 15 is 0 Å². The third kappa shape index (κ3) is 29.3. The lowest BCUT2D eigenvalue weighted by molar-refractivity contribution is -0.124. The molecule has 4 N–H and O–H groups in total. The van der Waals surface area contributed by atoms with Crippen LogP contribution in [-0.4, -0.2) is 46.1 Å². The van der Waals surface area contributed by atoms with Crippen LogP contribution in [0.15, 0.2) is 24.3 Å². The van der Waals surface area contributed by atoms with E-state index < -0.39 is 18.2 Å². The molecule has 0 spiro atoms. The van der Waals surface area contributed by atoms with Gasteiger partial charge in [0.15, 0.2) is 0 Å². The fourth-order valence-corrected chi connectivity index (χ4v) is 5.57. The van der Waals surface area contributed by atoms with Crippen molar-refractivity contribution < 1.29 is 20.1 Å². The maximum atomic E-state index is 12.3. The summed E-state index contributed by atoms with van der Waals surface area (Å²) in [6, 6.07) is -0.830. The average molecular weight is 608 g/mol. The molecule has 0 radical (unpaired) electrons. The summed E-state index contributed by atoms with van der Waals surface area (Å²) in [7, 11) is 0. The Morgan fingerprint density at radius 1 is 0.558 bits per heavy atom. The second kappa shape index (κ2) is 33.7. The van der Waals surface area contributed by atoms with Gasteiger partial charge >= 0.3 is 0 Å². The largest absolute Gasteiger partial charge is 0.394 e. The number of unbranched alkanes of at least 4 members (excludes halogenated alkanes) is 21. The minimum Gasteiger partial charge on any atom is -0.394 e. The number of allylic oxidation sites excluding steroid dienone is 4. The normalized spacial score (nSPS) is 14.1. The van der Waals surface area contributed by atoms with Gasteiger partial charge in [-0.05, 0) is 64.2 Å². The molecule has 3 atom stereocenters. The number of aliphatic hydroxyl groups is 3. The van der Waals surface area contributed by atoms with Crippen LogP contribution in [0.25, 0.3) is 0 Å². The molecular formula is C38H73NO4. The fraction of sp³-hybridized carbons (Fsp3) is 0.868. The zero-order chi connectivity index (χ0) is 31.6. The number of aliphatic hydroxyl groups excluding tert-OH is 3. The van der Waals surface area contributed by atoms with Crippen molar-refractivity contribution in [2.24, 2.45) is 0 Å². The van der Waals surface area contributed by atoms with Gasteiger partial charge in [-0.1, -0.05) is 141 Å². The van der Waals surface area contributed by atoms with Crippen molar-refractivity contribution in [3.05, 3.63) is 24.3 Å². The summed E-state index contributed by atoms with van der Waals surface area (Å²) in [4.78, 5) is 12.3. The van der Waals surface area contributed by atoms with Crippen molar-refractivity contribution in [1.29, 1.82) is 0 Å². The van der Waals surface area contributed by atoms with Crippen molar-refractivity contribution in [1.82, 2.24) is 5.32 Å². The number of carbonyl (C=O) groups is 1. The highest BCUT2D eigenvalue weighted by atomic mass is 16.3. The number of nitrogens with one attached hydrogen (secondary N) is 1. The van der Waals surface area contributed by atoms with Crippen molar-refractivity contribution >= 4 is 5.91 Å². The Kier molecular flexibility index (Phi) is 32.8. The van der Waals surface area contributed by atoms with E-state index in [1.54, 1.807) is 0 Å². The highest BCUT2D eigenvalue weighted by molar-refractivity contribution is 5.76. The Balaban J connectivity index is 3.76. The molecule has 0 saturated carbocycles. The quantitative estimate of drug-likeness (QED) is 0.0441. The predicted octanol–water partition coefficient (Wildman–Crippen LogP) is 9.87. The van der Waals surface area contributed by atoms with E-state index in [4.69, 9.17) is 0 Å². The van der Waals surface area contributed by atoms with Gasteiger partial charge in [0.1, 0.15) is 6.10 Å². The average Bonchev–Trinajstić information content (AvgIpc) is 3.01. The summed E-state index contributed by atoms with van der Waals surface area (Å²) in [5, 5.41) is 33.3. The third-order valence-electron chi connectivity index (χ3n) is 8.53. The molecule has 0 bridgehead atoms. The molecule has 0 aliphatic rings. The Bertz CT molecular complexity index is 635. The molecule has 5 nitrogen and oxygen atoms in total. The molecule has 0 rings (SSSR count). The van der Waals surface area contributed by atoms with E-state index in [9.17, 15) is 20.1 Å². The summed E-state index contributed by atoms with van der Waals surface area (Å²) in [6.45, 7) is 4.13. The summed E-state index contributed by atoms with van der Waals surface area (Å²) in [6.07, 6.45) is 38.4. The molecule has 0 fully saturated rings. The lowest BCUT2D eigenvalue weighted by Crippen LogP contribution is -2.50. The second-order valence-corrected chi connectivity index (χ2v) is 12.8. The molecular weight excluding hydrogens is 534 g/mol. The zero-order valence-electron chi connectivity index (χ0n) is 28.6. The first kappa shape index (κ1) is 41.8. The van der Waals surface area contributed by atoms with Crippen LogP contribution in [0.1, 0.15) is 187 Å². The highest BCUT2D eigenvalue weighted by Crippen LogP contribution is 2.14. The van der Waals surface area contributed by atoms with Crippen LogP contribution in [0.2, 0.25) is 0 Å². The molecule has 0 aromatic heterocycles. The monoisotopic (exact) mass is 608 g/mol. The lowest BCUT2D eigenvalue weighted by atomic mass is 10.0. The molecule has 0 aliphatic carbocycles. The number of hydrogen-bond donors (Lipinski definition) is 4. The first-order valence-corrected chi connectivity index (χ1v) is 18.6. The molecule has 0 saturated heterocycles. The Morgan fingerprint density at radius 3 is 1.35 bits per heavy atom. The van der Waals surface area contributed by atoms with Gasteiger partial charge in [0, 0.05) is 6.42 Å². The lowest BCUT2D eigenvalue weighted by Gasteiger charge is -2.26. The van der Waals surface area contributed by atoms with Crippen LogP contribution in [0, 0.1) is 0 Å². The summed E-state index contributed by atoms with van der Waals surface area (Å²) >= 11 is 0. The molecule has 254 valence electrons. The third-order valence-corrected chi connectivity index (χ3v) is 8.53. The topological polar surface area (TPSA) is 89.8 Å². The van der Waals surface area contributed by atoms with Gasteiger partial charge < -0.3 is 20.6 Å². The predicted molar refractivity (Wildman–Crippen MR) is 185 cm³/mol. The molecule has 0 aliphatic heterocycles. The van der Waals surface area contributed by atoms with Gasteiger partial charge in [0.05, 0.1) is 18.8 Å². The molecule has 0 aromatic rings. The van der Waals surface area contributed by atoms with Crippen molar-refractivity contribution in [3.8, 4) is 0 Å². The van der Waals surface area contributed by atoms with Crippen LogP contribution in [0.5, 0.6) is 0 Å². The SMILES string of the molecule is CCCCCCCC/C=C\CCCCCC(=O)NC(CO)C(O)C(O)CCC/C=C/CCCCCCCCCCCCC. The van der Waals surface area contributed by atoms with Crippen LogP contribution in [0.3, 0.4) is 0 Å². The van der Waals surface area contributed by atoms with E-state index in [1.165, 1.54) is 116 Å². The zero-order valence-corrected chi connectivity index (χ0v) is 28.6. The maximum absolute atomic E-state index is 12.3. The number of amides is 1. The molecule has 5 heteroatoms. The van der Waals surface area contributed by atoms with E-state index in [0.29, 0.717) is 12.8 Å². The van der Waals surface area contributed by atoms with Gasteiger partial charge in [-0.3, -0.25) is 4.79 Å². The molecule has 1 amide bonds. The van der Waals surface area contributed by atoms with Gasteiger partial charge in [-0.15, -0.1) is 0 Å². The Labute approximate surface area is 267 Å². The first-order valence-electron chi connectivity index (χ1n) is 18.6. The smallest absolute Gasteiger partial charge is 0.220 e. The number of hydrogen-bond acceptors (Lipinski definition) is 4. The van der Waals surface area contributed by atoms with E-state index in [2.05, 4.69) is 43.5 Å². The minimum atomic E-state index is -1.16. The maximum Gasteiger partial charge on any atom is 0.220 e. The highest BCUT2D eigenvalue weighted by Gasteiger charge is 2.26. The Morgan fingerprint density at radius 2 is 0.930 bits per heavy atom. The van der Waals surface area contributed by atoms with Crippen LogP contribution < -0.4 is 5.32 Å². The molecule has 3 unspecified atom stereocenters. The second-order valence-electron chi connectivity index (χ2n) is 12.8. The number of carbonyl (C=O) groups excluding carboxylic acids is 1. The van der Waals surface area contributed by atoms with Crippen LogP contribution in [0.4, 0.5) is 0 Å². The van der Waals surface area contributed by atoms with Gasteiger partial charge in [0.25, 0.3) is 0 Å². The summed E-state index contributed by atoms with van der Waals surface area (Å²) in [5.74, 6) is -0.172. The van der Waals surface area contributed by atoms with E-state index in [-0.39, 0.29) is 12.5 Å². The minimum absolute atomic E-state index is 0.172. The van der Waals surface area contributed by atoms with E-state index in [1.807, 2.05) is 0 Å². The van der Waals surface area contributed by atoms with E-state index in [0.717, 1.165) is 44.9 Å². The van der Waals surface area contributed by atoms with Crippen molar-refractivity contribution in [2.45, 2.75) is 205 Å². The summed E-state index contributed by atoms with van der Waals surface area (Å²) < 4.78 is 0. The van der Waals surface area contributed by atoms with Gasteiger partial charge in [-0.2, -0.15) is 0 Å².